The molecule has 8 heteroatoms. The van der Waals surface area contributed by atoms with Crippen LogP contribution in [0.3, 0.4) is 0 Å². The smallest absolute Gasteiger partial charge is 0.321 e. The van der Waals surface area contributed by atoms with Crippen molar-refractivity contribution < 1.29 is 9.53 Å². The molecule has 134 valence electrons. The van der Waals surface area contributed by atoms with Crippen molar-refractivity contribution in [2.24, 2.45) is 13.0 Å². The lowest BCUT2D eigenvalue weighted by molar-refractivity contribution is 0.251. The maximum atomic E-state index is 12.0. The van der Waals surface area contributed by atoms with Crippen molar-refractivity contribution in [3.63, 3.8) is 0 Å². The summed E-state index contributed by atoms with van der Waals surface area (Å²) in [4.78, 5) is 20.6. The summed E-state index contributed by atoms with van der Waals surface area (Å²) in [6.07, 6.45) is 4.21. The Labute approximate surface area is 147 Å². The van der Waals surface area contributed by atoms with Crippen LogP contribution in [0, 0.1) is 5.92 Å². The fourth-order valence-corrected chi connectivity index (χ4v) is 2.17. The number of aryl methyl sites for hydroxylation is 1. The Morgan fingerprint density at radius 2 is 2.20 bits per heavy atom. The number of anilines is 1. The van der Waals surface area contributed by atoms with E-state index in [-0.39, 0.29) is 11.9 Å². The fourth-order valence-electron chi connectivity index (χ4n) is 2.17. The van der Waals surface area contributed by atoms with E-state index < -0.39 is 0 Å². The summed E-state index contributed by atoms with van der Waals surface area (Å²) in [6.45, 7) is 5.12. The van der Waals surface area contributed by atoms with Crippen LogP contribution in [0.1, 0.15) is 44.0 Å². The molecule has 0 saturated heterocycles. The van der Waals surface area contributed by atoms with Gasteiger partial charge in [-0.15, -0.1) is 0 Å². The molecule has 2 N–H and O–H groups in total. The number of urea groups is 1. The number of carbonyl (C=O) groups excluding carboxylic acids is 1. The van der Waals surface area contributed by atoms with Gasteiger partial charge in [-0.25, -0.2) is 14.5 Å². The molecule has 2 aromatic heterocycles. The highest BCUT2D eigenvalue weighted by Gasteiger charge is 2.22. The van der Waals surface area contributed by atoms with Gasteiger partial charge in [0.2, 0.25) is 11.8 Å². The van der Waals surface area contributed by atoms with Crippen LogP contribution in [0.5, 0.6) is 5.88 Å². The molecule has 1 aliphatic carbocycles. The van der Waals surface area contributed by atoms with Gasteiger partial charge in [0.15, 0.2) is 5.82 Å². The normalized spacial score (nSPS) is 13.8. The zero-order chi connectivity index (χ0) is 17.8. The summed E-state index contributed by atoms with van der Waals surface area (Å²) >= 11 is 0. The second-order valence-electron chi connectivity index (χ2n) is 6.64. The summed E-state index contributed by atoms with van der Waals surface area (Å²) in [5, 5.41) is 9.75. The molecule has 0 spiro atoms. The number of ether oxygens (including phenoxy) is 1. The van der Waals surface area contributed by atoms with Crippen LogP contribution in [0.15, 0.2) is 18.3 Å². The largest absolute Gasteiger partial charge is 0.477 e. The van der Waals surface area contributed by atoms with Crippen molar-refractivity contribution in [2.75, 3.05) is 11.9 Å². The van der Waals surface area contributed by atoms with Crippen LogP contribution in [0.25, 0.3) is 0 Å². The standard InChI is InChI=1S/C17H24N6O2/c1-11(2)15-20-16(23(3)22-15)21-17(24)19-9-13-6-7-14(18-8-13)25-10-12-4-5-12/h6-8,11-12H,4-5,9-10H2,1-3H3,(H2,19,20,21,22,24). The number of aromatic nitrogens is 4. The number of rotatable bonds is 7. The highest BCUT2D eigenvalue weighted by Crippen LogP contribution is 2.29. The van der Waals surface area contributed by atoms with Gasteiger partial charge >= 0.3 is 6.03 Å². The molecule has 0 radical (unpaired) electrons. The molecule has 0 aromatic carbocycles. The van der Waals surface area contributed by atoms with E-state index in [9.17, 15) is 4.79 Å². The molecule has 0 atom stereocenters. The molecule has 0 aliphatic heterocycles. The summed E-state index contributed by atoms with van der Waals surface area (Å²) in [6, 6.07) is 3.39. The van der Waals surface area contributed by atoms with Crippen molar-refractivity contribution >= 4 is 12.0 Å². The number of carbonyl (C=O) groups is 1. The number of pyridine rings is 1. The van der Waals surface area contributed by atoms with E-state index in [0.717, 1.165) is 12.2 Å². The van der Waals surface area contributed by atoms with Crippen LogP contribution < -0.4 is 15.4 Å². The number of amides is 2. The SMILES string of the molecule is CC(C)c1nc(NC(=O)NCc2ccc(OCC3CC3)nc2)n(C)n1. The van der Waals surface area contributed by atoms with Crippen molar-refractivity contribution in [2.45, 2.75) is 39.2 Å². The predicted molar refractivity (Wildman–Crippen MR) is 93.4 cm³/mol. The number of hydrogen-bond acceptors (Lipinski definition) is 5. The quantitative estimate of drug-likeness (QED) is 0.804. The van der Waals surface area contributed by atoms with Crippen LogP contribution in [-0.2, 0) is 13.6 Å². The summed E-state index contributed by atoms with van der Waals surface area (Å²) in [5.41, 5.74) is 0.898. The van der Waals surface area contributed by atoms with Gasteiger partial charge in [-0.3, -0.25) is 5.32 Å². The highest BCUT2D eigenvalue weighted by molar-refractivity contribution is 5.87. The Morgan fingerprint density at radius 3 is 2.80 bits per heavy atom. The maximum Gasteiger partial charge on any atom is 0.321 e. The Morgan fingerprint density at radius 1 is 1.40 bits per heavy atom. The van der Waals surface area contributed by atoms with Crippen LogP contribution in [0.4, 0.5) is 10.7 Å². The minimum atomic E-state index is -0.333. The van der Waals surface area contributed by atoms with Gasteiger partial charge < -0.3 is 10.1 Å². The van der Waals surface area contributed by atoms with Gasteiger partial charge in [0.1, 0.15) is 0 Å². The van der Waals surface area contributed by atoms with Crippen molar-refractivity contribution in [3.8, 4) is 5.88 Å². The number of hydrogen-bond donors (Lipinski definition) is 2. The predicted octanol–water partition coefficient (Wildman–Crippen LogP) is 2.44. The highest BCUT2D eigenvalue weighted by atomic mass is 16.5. The lowest BCUT2D eigenvalue weighted by Crippen LogP contribution is -2.29. The Bertz CT molecular complexity index is 721. The number of nitrogens with zero attached hydrogens (tertiary/aromatic N) is 4. The zero-order valence-electron chi connectivity index (χ0n) is 14.8. The molecule has 25 heavy (non-hydrogen) atoms. The van der Waals surface area contributed by atoms with Gasteiger partial charge in [-0.2, -0.15) is 10.1 Å². The molecular weight excluding hydrogens is 320 g/mol. The summed E-state index contributed by atoms with van der Waals surface area (Å²) in [7, 11) is 1.75. The first-order valence-corrected chi connectivity index (χ1v) is 8.54. The van der Waals surface area contributed by atoms with E-state index in [0.29, 0.717) is 30.1 Å². The first-order chi connectivity index (χ1) is 12.0. The average molecular weight is 344 g/mol. The molecular formula is C17H24N6O2. The Balaban J connectivity index is 1.46. The molecule has 1 fully saturated rings. The molecule has 2 heterocycles. The molecule has 0 unspecified atom stereocenters. The minimum Gasteiger partial charge on any atom is -0.477 e. The maximum absolute atomic E-state index is 12.0. The van der Waals surface area contributed by atoms with Crippen LogP contribution >= 0.6 is 0 Å². The van der Waals surface area contributed by atoms with Gasteiger partial charge in [-0.1, -0.05) is 19.9 Å². The van der Waals surface area contributed by atoms with Crippen molar-refractivity contribution in [1.82, 2.24) is 25.1 Å². The third-order valence-corrected chi connectivity index (χ3v) is 3.94. The van der Waals surface area contributed by atoms with Crippen LogP contribution in [-0.4, -0.2) is 32.4 Å². The monoisotopic (exact) mass is 344 g/mol. The van der Waals surface area contributed by atoms with Gasteiger partial charge in [0, 0.05) is 31.8 Å². The van der Waals surface area contributed by atoms with E-state index in [1.54, 1.807) is 17.9 Å². The minimum absolute atomic E-state index is 0.205. The van der Waals surface area contributed by atoms with Gasteiger partial charge in [0.25, 0.3) is 0 Å². The molecule has 8 nitrogen and oxygen atoms in total. The van der Waals surface area contributed by atoms with Gasteiger partial charge in [-0.05, 0) is 24.3 Å². The van der Waals surface area contributed by atoms with E-state index in [1.165, 1.54) is 12.8 Å². The van der Waals surface area contributed by atoms with E-state index in [1.807, 2.05) is 26.0 Å². The van der Waals surface area contributed by atoms with E-state index >= 15 is 0 Å². The summed E-state index contributed by atoms with van der Waals surface area (Å²) in [5.74, 6) is 2.65. The topological polar surface area (TPSA) is 94.0 Å². The Hall–Kier alpha value is -2.64. The van der Waals surface area contributed by atoms with Crippen LogP contribution in [0.2, 0.25) is 0 Å². The molecule has 3 rings (SSSR count). The van der Waals surface area contributed by atoms with E-state index in [4.69, 9.17) is 4.74 Å². The Kier molecular flexibility index (Phi) is 5.16. The molecule has 2 amide bonds. The first-order valence-electron chi connectivity index (χ1n) is 8.54. The molecule has 2 aromatic rings. The fraction of sp³-hybridized carbons (Fsp3) is 0.529. The third-order valence-electron chi connectivity index (χ3n) is 3.94. The second-order valence-corrected chi connectivity index (χ2v) is 6.64. The lowest BCUT2D eigenvalue weighted by Gasteiger charge is -2.08. The third kappa shape index (κ3) is 4.91. The molecule has 1 aliphatic rings. The molecule has 1 saturated carbocycles. The van der Waals surface area contributed by atoms with E-state index in [2.05, 4.69) is 25.7 Å². The van der Waals surface area contributed by atoms with Gasteiger partial charge in [0.05, 0.1) is 6.61 Å². The zero-order valence-corrected chi connectivity index (χ0v) is 14.8. The van der Waals surface area contributed by atoms with Crippen molar-refractivity contribution in [3.05, 3.63) is 29.7 Å². The summed E-state index contributed by atoms with van der Waals surface area (Å²) < 4.78 is 7.15. The lowest BCUT2D eigenvalue weighted by atomic mass is 10.2. The first kappa shape index (κ1) is 17.2. The second kappa shape index (κ2) is 7.50. The molecule has 0 bridgehead atoms. The van der Waals surface area contributed by atoms with Crippen molar-refractivity contribution in [1.29, 1.82) is 0 Å². The number of nitrogens with one attached hydrogen (secondary N) is 2. The average Bonchev–Trinajstić information content (AvgIpc) is 3.35.